The number of nitrogens with zero attached hydrogens (tertiary/aromatic N) is 4. The van der Waals surface area contributed by atoms with Crippen LogP contribution in [0.15, 0.2) is 66.0 Å². The lowest BCUT2D eigenvalue weighted by molar-refractivity contribution is -0.384. The lowest BCUT2D eigenvalue weighted by Gasteiger charge is -2.16. The zero-order valence-corrected chi connectivity index (χ0v) is 18.9. The fourth-order valence-corrected chi connectivity index (χ4v) is 4.61. The van der Waals surface area contributed by atoms with Crippen LogP contribution in [0.25, 0.3) is 5.65 Å². The molecule has 0 spiro atoms. The lowest BCUT2D eigenvalue weighted by Crippen LogP contribution is -2.20. The molecule has 4 rings (SSSR count). The van der Waals surface area contributed by atoms with Gasteiger partial charge in [-0.15, -0.1) is 10.2 Å². The molecule has 2 aromatic heterocycles. The summed E-state index contributed by atoms with van der Waals surface area (Å²) in [5.74, 6) is -0.446. The molecular formula is C21H15Cl2N5O3S. The second-order valence-corrected chi connectivity index (χ2v) is 8.77. The summed E-state index contributed by atoms with van der Waals surface area (Å²) >= 11 is 13.5. The Bertz CT molecular complexity index is 1330. The highest BCUT2D eigenvalue weighted by molar-refractivity contribution is 8.00. The Kier molecular flexibility index (Phi) is 6.31. The number of hydrogen-bond acceptors (Lipinski definition) is 6. The number of rotatable bonds is 6. The number of nitrogens with one attached hydrogen (secondary N) is 1. The van der Waals surface area contributed by atoms with E-state index in [0.717, 1.165) is 11.8 Å². The van der Waals surface area contributed by atoms with Gasteiger partial charge in [-0.1, -0.05) is 71.4 Å². The van der Waals surface area contributed by atoms with E-state index in [-0.39, 0.29) is 11.4 Å². The predicted molar refractivity (Wildman–Crippen MR) is 125 cm³/mol. The molecule has 1 amide bonds. The van der Waals surface area contributed by atoms with Crippen LogP contribution in [0.1, 0.15) is 16.4 Å². The third-order valence-corrected chi connectivity index (χ3v) is 6.26. The van der Waals surface area contributed by atoms with Crippen molar-refractivity contribution in [1.82, 2.24) is 14.6 Å². The summed E-state index contributed by atoms with van der Waals surface area (Å²) in [6.45, 7) is 1.74. The maximum absolute atomic E-state index is 13.3. The van der Waals surface area contributed by atoms with Crippen molar-refractivity contribution in [3.63, 3.8) is 0 Å². The molecule has 0 saturated carbocycles. The van der Waals surface area contributed by atoms with Gasteiger partial charge in [0.1, 0.15) is 10.9 Å². The number of aromatic nitrogens is 3. The first-order valence-corrected chi connectivity index (χ1v) is 10.9. The molecule has 0 aliphatic heterocycles. The van der Waals surface area contributed by atoms with Crippen molar-refractivity contribution in [3.05, 3.63) is 92.1 Å². The van der Waals surface area contributed by atoms with E-state index in [4.69, 9.17) is 23.2 Å². The number of fused-ring (bicyclic) bond motifs is 1. The Balaban J connectivity index is 1.72. The smallest absolute Gasteiger partial charge is 0.293 e. The van der Waals surface area contributed by atoms with Crippen molar-refractivity contribution < 1.29 is 9.72 Å². The highest BCUT2D eigenvalue weighted by atomic mass is 35.5. The number of nitro groups is 1. The van der Waals surface area contributed by atoms with E-state index in [1.807, 2.05) is 6.07 Å². The average Bonchev–Trinajstić information content (AvgIpc) is 3.16. The number of pyridine rings is 1. The average molecular weight is 488 g/mol. The molecule has 4 aromatic rings. The quantitative estimate of drug-likeness (QED) is 0.211. The highest BCUT2D eigenvalue weighted by Crippen LogP contribution is 2.37. The number of nitro benzene ring substituents is 1. The molecule has 1 unspecified atom stereocenters. The van der Waals surface area contributed by atoms with Gasteiger partial charge in [0, 0.05) is 12.3 Å². The number of carbonyl (C=O) groups excluding carboxylic acids is 1. The Hall–Kier alpha value is -3.14. The second-order valence-electron chi connectivity index (χ2n) is 6.86. The van der Waals surface area contributed by atoms with Gasteiger partial charge in [-0.3, -0.25) is 19.3 Å². The number of benzene rings is 2. The predicted octanol–water partition coefficient (Wildman–Crippen LogP) is 5.72. The zero-order valence-electron chi connectivity index (χ0n) is 16.5. The van der Waals surface area contributed by atoms with E-state index in [2.05, 4.69) is 15.5 Å². The molecule has 32 heavy (non-hydrogen) atoms. The van der Waals surface area contributed by atoms with Crippen LogP contribution in [0.4, 0.5) is 11.4 Å². The van der Waals surface area contributed by atoms with Crippen LogP contribution in [0.5, 0.6) is 0 Å². The van der Waals surface area contributed by atoms with Crippen LogP contribution in [-0.4, -0.2) is 25.4 Å². The first kappa shape index (κ1) is 22.1. The van der Waals surface area contributed by atoms with Gasteiger partial charge in [0.15, 0.2) is 10.8 Å². The van der Waals surface area contributed by atoms with Crippen molar-refractivity contribution in [2.75, 3.05) is 5.32 Å². The van der Waals surface area contributed by atoms with E-state index >= 15 is 0 Å². The Morgan fingerprint density at radius 2 is 1.91 bits per heavy atom. The standard InChI is InChI=1S/C21H15Cl2N5O3S/c1-12-7-8-16(17(9-12)28(30)31)24-20(29)18(13-5-3-2-4-6-13)32-21-26-25-19-15(23)10-14(22)11-27(19)21/h2-11,18H,1H3,(H,24,29). The highest BCUT2D eigenvalue weighted by Gasteiger charge is 2.27. The summed E-state index contributed by atoms with van der Waals surface area (Å²) < 4.78 is 1.60. The Morgan fingerprint density at radius 3 is 2.62 bits per heavy atom. The van der Waals surface area contributed by atoms with Crippen LogP contribution in [0.2, 0.25) is 10.0 Å². The summed E-state index contributed by atoms with van der Waals surface area (Å²) in [6, 6.07) is 15.2. The summed E-state index contributed by atoms with van der Waals surface area (Å²) in [6.07, 6.45) is 1.61. The van der Waals surface area contributed by atoms with Crippen molar-refractivity contribution in [1.29, 1.82) is 0 Å². The summed E-state index contributed by atoms with van der Waals surface area (Å²) in [4.78, 5) is 24.2. The molecule has 0 fully saturated rings. The molecule has 0 saturated heterocycles. The van der Waals surface area contributed by atoms with Gasteiger partial charge in [0.25, 0.3) is 5.69 Å². The summed E-state index contributed by atoms with van der Waals surface area (Å²) in [5, 5.41) is 22.7. The zero-order chi connectivity index (χ0) is 22.8. The largest absolute Gasteiger partial charge is 0.319 e. The number of carbonyl (C=O) groups is 1. The topological polar surface area (TPSA) is 102 Å². The second kappa shape index (κ2) is 9.15. The molecule has 1 N–H and O–H groups in total. The molecule has 0 bridgehead atoms. The number of amides is 1. The first-order chi connectivity index (χ1) is 15.3. The van der Waals surface area contributed by atoms with Gasteiger partial charge in [0.05, 0.1) is 15.0 Å². The minimum Gasteiger partial charge on any atom is -0.319 e. The molecule has 162 valence electrons. The van der Waals surface area contributed by atoms with Crippen LogP contribution in [-0.2, 0) is 4.79 Å². The fourth-order valence-electron chi connectivity index (χ4n) is 3.09. The normalized spacial score (nSPS) is 12.0. The van der Waals surface area contributed by atoms with Gasteiger partial charge in [-0.25, -0.2) is 0 Å². The van der Waals surface area contributed by atoms with Gasteiger partial charge in [-0.05, 0) is 30.2 Å². The van der Waals surface area contributed by atoms with E-state index in [0.29, 0.717) is 32.0 Å². The number of anilines is 1. The fraction of sp³-hybridized carbons (Fsp3) is 0.0952. The van der Waals surface area contributed by atoms with E-state index < -0.39 is 16.1 Å². The molecule has 0 radical (unpaired) electrons. The number of thioether (sulfide) groups is 1. The van der Waals surface area contributed by atoms with Crippen molar-refractivity contribution in [2.24, 2.45) is 0 Å². The Labute approximate surface area is 196 Å². The van der Waals surface area contributed by atoms with Crippen LogP contribution in [0.3, 0.4) is 0 Å². The van der Waals surface area contributed by atoms with Gasteiger partial charge in [0.2, 0.25) is 5.91 Å². The molecule has 2 aromatic carbocycles. The van der Waals surface area contributed by atoms with E-state index in [9.17, 15) is 14.9 Å². The molecule has 11 heteroatoms. The minimum atomic E-state index is -0.776. The van der Waals surface area contributed by atoms with Crippen molar-refractivity contribution in [3.8, 4) is 0 Å². The lowest BCUT2D eigenvalue weighted by atomic mass is 10.1. The maximum atomic E-state index is 13.3. The van der Waals surface area contributed by atoms with E-state index in [1.165, 1.54) is 12.1 Å². The molecule has 0 aliphatic carbocycles. The SMILES string of the molecule is Cc1ccc(NC(=O)C(Sc2nnc3c(Cl)cc(Cl)cn23)c2ccccc2)c([N+](=O)[O-])c1. The summed E-state index contributed by atoms with van der Waals surface area (Å²) in [7, 11) is 0. The third kappa shape index (κ3) is 4.55. The number of hydrogen-bond donors (Lipinski definition) is 1. The molecule has 2 heterocycles. The van der Waals surface area contributed by atoms with Crippen LogP contribution in [0, 0.1) is 17.0 Å². The Morgan fingerprint density at radius 1 is 1.16 bits per heavy atom. The monoisotopic (exact) mass is 487 g/mol. The number of aryl methyl sites for hydroxylation is 1. The van der Waals surface area contributed by atoms with Crippen LogP contribution >= 0.6 is 35.0 Å². The van der Waals surface area contributed by atoms with Gasteiger partial charge >= 0.3 is 0 Å². The first-order valence-electron chi connectivity index (χ1n) is 9.31. The van der Waals surface area contributed by atoms with Gasteiger partial charge < -0.3 is 5.32 Å². The van der Waals surface area contributed by atoms with Crippen LogP contribution < -0.4 is 5.32 Å². The molecule has 8 nitrogen and oxygen atoms in total. The molecular weight excluding hydrogens is 473 g/mol. The molecule has 0 aliphatic rings. The third-order valence-electron chi connectivity index (χ3n) is 4.57. The van der Waals surface area contributed by atoms with Gasteiger partial charge in [-0.2, -0.15) is 0 Å². The number of halogens is 2. The minimum absolute atomic E-state index is 0.115. The van der Waals surface area contributed by atoms with Crippen molar-refractivity contribution >= 4 is 57.9 Å². The maximum Gasteiger partial charge on any atom is 0.293 e. The van der Waals surface area contributed by atoms with E-state index in [1.54, 1.807) is 53.9 Å². The molecule has 1 atom stereocenters. The summed E-state index contributed by atoms with van der Waals surface area (Å²) in [5.41, 5.74) is 1.74. The van der Waals surface area contributed by atoms with Crippen molar-refractivity contribution in [2.45, 2.75) is 17.3 Å².